The SMILES string of the molecule is COc1ccc(NC(C)C(=O)N/N=C/c2c3ccccc3cc3ccccc23)cc1. The van der Waals surface area contributed by atoms with Crippen molar-refractivity contribution in [3.05, 3.63) is 84.4 Å². The predicted molar refractivity (Wildman–Crippen MR) is 123 cm³/mol. The monoisotopic (exact) mass is 397 g/mol. The summed E-state index contributed by atoms with van der Waals surface area (Å²) in [5.74, 6) is 0.552. The van der Waals surface area contributed by atoms with E-state index in [-0.39, 0.29) is 5.91 Å². The van der Waals surface area contributed by atoms with Gasteiger partial charge in [0.05, 0.1) is 13.3 Å². The van der Waals surface area contributed by atoms with E-state index in [0.717, 1.165) is 38.5 Å². The molecule has 0 bridgehead atoms. The maximum absolute atomic E-state index is 12.5. The van der Waals surface area contributed by atoms with Crippen molar-refractivity contribution >= 4 is 39.4 Å². The molecular formula is C25H23N3O2. The van der Waals surface area contributed by atoms with Crippen LogP contribution in [0.3, 0.4) is 0 Å². The Morgan fingerprint density at radius 2 is 1.53 bits per heavy atom. The van der Waals surface area contributed by atoms with E-state index in [9.17, 15) is 4.79 Å². The number of carbonyl (C=O) groups excluding carboxylic acids is 1. The van der Waals surface area contributed by atoms with Crippen LogP contribution in [0, 0.1) is 0 Å². The number of carbonyl (C=O) groups is 1. The fourth-order valence-electron chi connectivity index (χ4n) is 3.45. The number of nitrogens with one attached hydrogen (secondary N) is 2. The third-order valence-corrected chi connectivity index (χ3v) is 5.05. The summed E-state index contributed by atoms with van der Waals surface area (Å²) in [4.78, 5) is 12.5. The lowest BCUT2D eigenvalue weighted by Gasteiger charge is -2.14. The van der Waals surface area contributed by atoms with Gasteiger partial charge in [-0.3, -0.25) is 4.79 Å². The van der Waals surface area contributed by atoms with E-state index in [1.54, 1.807) is 20.2 Å². The fourth-order valence-corrected chi connectivity index (χ4v) is 3.45. The zero-order valence-electron chi connectivity index (χ0n) is 16.9. The normalized spacial score (nSPS) is 12.2. The topological polar surface area (TPSA) is 62.7 Å². The minimum atomic E-state index is -0.445. The highest BCUT2D eigenvalue weighted by molar-refractivity contribution is 6.13. The zero-order valence-corrected chi connectivity index (χ0v) is 16.9. The Hall–Kier alpha value is -3.86. The van der Waals surface area contributed by atoms with Gasteiger partial charge in [0, 0.05) is 11.3 Å². The highest BCUT2D eigenvalue weighted by Gasteiger charge is 2.12. The Kier molecular flexibility index (Phi) is 5.61. The number of methoxy groups -OCH3 is 1. The summed E-state index contributed by atoms with van der Waals surface area (Å²) in [5, 5.41) is 11.9. The van der Waals surface area contributed by atoms with Crippen molar-refractivity contribution in [3.8, 4) is 5.75 Å². The van der Waals surface area contributed by atoms with Gasteiger partial charge in [-0.1, -0.05) is 48.5 Å². The lowest BCUT2D eigenvalue weighted by molar-refractivity contribution is -0.121. The summed E-state index contributed by atoms with van der Waals surface area (Å²) in [5.41, 5.74) is 4.47. The molecule has 0 radical (unpaired) electrons. The number of benzene rings is 4. The van der Waals surface area contributed by atoms with Gasteiger partial charge in [0.2, 0.25) is 0 Å². The van der Waals surface area contributed by atoms with Crippen molar-refractivity contribution in [2.24, 2.45) is 5.10 Å². The van der Waals surface area contributed by atoms with Gasteiger partial charge in [0.25, 0.3) is 5.91 Å². The highest BCUT2D eigenvalue weighted by atomic mass is 16.5. The number of hydrogen-bond donors (Lipinski definition) is 2. The van der Waals surface area contributed by atoms with Gasteiger partial charge in [0.15, 0.2) is 0 Å². The summed E-state index contributed by atoms with van der Waals surface area (Å²) in [6.07, 6.45) is 1.72. The molecule has 30 heavy (non-hydrogen) atoms. The quantitative estimate of drug-likeness (QED) is 0.275. The molecule has 0 aliphatic heterocycles. The molecule has 0 saturated carbocycles. The fraction of sp³-hybridized carbons (Fsp3) is 0.120. The van der Waals surface area contributed by atoms with Crippen LogP contribution in [-0.4, -0.2) is 25.3 Å². The standard InChI is InChI=1S/C25H23N3O2/c1-17(27-20-11-13-21(30-2)14-12-20)25(29)28-26-16-24-22-9-5-3-7-18(22)15-19-8-4-6-10-23(19)24/h3-17,27H,1-2H3,(H,28,29)/b26-16+. The third kappa shape index (κ3) is 4.10. The number of amides is 1. The average molecular weight is 397 g/mol. The van der Waals surface area contributed by atoms with Gasteiger partial charge < -0.3 is 10.1 Å². The minimum Gasteiger partial charge on any atom is -0.497 e. The van der Waals surface area contributed by atoms with Gasteiger partial charge in [-0.2, -0.15) is 5.10 Å². The van der Waals surface area contributed by atoms with E-state index in [0.29, 0.717) is 0 Å². The molecular weight excluding hydrogens is 374 g/mol. The molecule has 4 aromatic carbocycles. The lowest BCUT2D eigenvalue weighted by atomic mass is 9.97. The van der Waals surface area contributed by atoms with Crippen molar-refractivity contribution in [3.63, 3.8) is 0 Å². The maximum atomic E-state index is 12.5. The maximum Gasteiger partial charge on any atom is 0.262 e. The first-order valence-electron chi connectivity index (χ1n) is 9.80. The molecule has 5 heteroatoms. The van der Waals surface area contributed by atoms with Crippen molar-refractivity contribution in [1.29, 1.82) is 0 Å². The second kappa shape index (κ2) is 8.66. The molecule has 0 fully saturated rings. The molecule has 0 spiro atoms. The van der Waals surface area contributed by atoms with Gasteiger partial charge >= 0.3 is 0 Å². The molecule has 0 aliphatic carbocycles. The van der Waals surface area contributed by atoms with Gasteiger partial charge in [-0.15, -0.1) is 0 Å². The van der Waals surface area contributed by atoms with Gasteiger partial charge in [-0.05, 0) is 58.8 Å². The summed E-state index contributed by atoms with van der Waals surface area (Å²) < 4.78 is 5.15. The molecule has 0 saturated heterocycles. The summed E-state index contributed by atoms with van der Waals surface area (Å²) in [6.45, 7) is 1.79. The van der Waals surface area contributed by atoms with Crippen LogP contribution in [0.1, 0.15) is 12.5 Å². The molecule has 1 amide bonds. The number of anilines is 1. The number of rotatable bonds is 6. The zero-order chi connectivity index (χ0) is 20.9. The van der Waals surface area contributed by atoms with E-state index in [4.69, 9.17) is 4.74 Å². The van der Waals surface area contributed by atoms with Crippen LogP contribution in [0.2, 0.25) is 0 Å². The number of nitrogens with zero attached hydrogens (tertiary/aromatic N) is 1. The molecule has 150 valence electrons. The third-order valence-electron chi connectivity index (χ3n) is 5.05. The second-order valence-electron chi connectivity index (χ2n) is 7.06. The minimum absolute atomic E-state index is 0.216. The molecule has 2 N–H and O–H groups in total. The molecule has 0 aliphatic rings. The van der Waals surface area contributed by atoms with Crippen molar-refractivity contribution in [2.45, 2.75) is 13.0 Å². The van der Waals surface area contributed by atoms with Crippen molar-refractivity contribution < 1.29 is 9.53 Å². The summed E-state index contributed by atoms with van der Waals surface area (Å²) in [7, 11) is 1.62. The van der Waals surface area contributed by atoms with Gasteiger partial charge in [0.1, 0.15) is 11.8 Å². The highest BCUT2D eigenvalue weighted by Crippen LogP contribution is 2.27. The first-order chi connectivity index (χ1) is 14.7. The molecule has 5 nitrogen and oxygen atoms in total. The van der Waals surface area contributed by atoms with E-state index >= 15 is 0 Å². The van der Waals surface area contributed by atoms with Crippen molar-refractivity contribution in [1.82, 2.24) is 5.43 Å². The molecule has 1 unspecified atom stereocenters. The average Bonchev–Trinajstić information content (AvgIpc) is 2.79. The van der Waals surface area contributed by atoms with Crippen LogP contribution in [0.5, 0.6) is 5.75 Å². The Labute approximate surface area is 175 Å². The van der Waals surface area contributed by atoms with Crippen LogP contribution in [-0.2, 0) is 4.79 Å². The lowest BCUT2D eigenvalue weighted by Crippen LogP contribution is -2.34. The number of fused-ring (bicyclic) bond motifs is 2. The number of ether oxygens (including phenoxy) is 1. The van der Waals surface area contributed by atoms with E-state index in [1.807, 2.05) is 48.5 Å². The molecule has 4 aromatic rings. The summed E-state index contributed by atoms with van der Waals surface area (Å²) >= 11 is 0. The molecule has 0 aromatic heterocycles. The molecule has 1 atom stereocenters. The molecule has 4 rings (SSSR count). The van der Waals surface area contributed by atoms with E-state index in [2.05, 4.69) is 46.2 Å². The molecule has 0 heterocycles. The van der Waals surface area contributed by atoms with Crippen LogP contribution >= 0.6 is 0 Å². The Morgan fingerprint density at radius 3 is 2.13 bits per heavy atom. The van der Waals surface area contributed by atoms with E-state index in [1.165, 1.54) is 0 Å². The van der Waals surface area contributed by atoms with Crippen molar-refractivity contribution in [2.75, 3.05) is 12.4 Å². The number of hydrogen-bond acceptors (Lipinski definition) is 4. The smallest absolute Gasteiger partial charge is 0.262 e. The van der Waals surface area contributed by atoms with Crippen LogP contribution in [0.25, 0.3) is 21.5 Å². The predicted octanol–water partition coefficient (Wildman–Crippen LogP) is 4.95. The first-order valence-corrected chi connectivity index (χ1v) is 9.80. The second-order valence-corrected chi connectivity index (χ2v) is 7.06. The number of hydrazone groups is 1. The largest absolute Gasteiger partial charge is 0.497 e. The Bertz CT molecular complexity index is 1160. The van der Waals surface area contributed by atoms with Crippen LogP contribution in [0.15, 0.2) is 84.0 Å². The van der Waals surface area contributed by atoms with Crippen LogP contribution < -0.4 is 15.5 Å². The van der Waals surface area contributed by atoms with E-state index < -0.39 is 6.04 Å². The Balaban J connectivity index is 1.52. The first kappa shape index (κ1) is 19.5. The summed E-state index contributed by atoms with van der Waals surface area (Å²) in [6, 6.07) is 25.5. The Morgan fingerprint density at radius 1 is 0.933 bits per heavy atom. The van der Waals surface area contributed by atoms with Crippen LogP contribution in [0.4, 0.5) is 5.69 Å². The van der Waals surface area contributed by atoms with Gasteiger partial charge in [-0.25, -0.2) is 5.43 Å².